The Hall–Kier alpha value is -3.35. The monoisotopic (exact) mass is 464 g/mol. The molecule has 180 valence electrons. The Morgan fingerprint density at radius 1 is 0.912 bits per heavy atom. The lowest BCUT2D eigenvalue weighted by molar-refractivity contribution is -0.159. The van der Waals surface area contributed by atoms with Crippen molar-refractivity contribution in [3.8, 4) is 5.75 Å². The second kappa shape index (κ2) is 10.3. The van der Waals surface area contributed by atoms with Gasteiger partial charge in [-0.1, -0.05) is 30.3 Å². The lowest BCUT2D eigenvalue weighted by Crippen LogP contribution is -2.45. The van der Waals surface area contributed by atoms with Gasteiger partial charge in [0, 0.05) is 44.2 Å². The molecule has 1 spiro atoms. The molecule has 0 aliphatic carbocycles. The highest BCUT2D eigenvalue weighted by Crippen LogP contribution is 2.41. The summed E-state index contributed by atoms with van der Waals surface area (Å²) in [7, 11) is 0. The van der Waals surface area contributed by atoms with Crippen LogP contribution < -0.4 is 4.74 Å². The van der Waals surface area contributed by atoms with Gasteiger partial charge in [-0.05, 0) is 55.9 Å². The number of benzene rings is 2. The molecular formula is C27H32N2O5. The Bertz CT molecular complexity index is 1010. The van der Waals surface area contributed by atoms with Crippen molar-refractivity contribution in [3.05, 3.63) is 65.7 Å². The van der Waals surface area contributed by atoms with Crippen molar-refractivity contribution in [2.75, 3.05) is 32.8 Å². The second-order valence-electron chi connectivity index (χ2n) is 9.16. The standard InChI is InChI=1S/C27H32N2O5/c1-3-33-23-11-9-22(10-12-23)25(31)28-16-13-27(14-17-28)15-18-29(19-27)26(32)24(34-20(2)30)21-7-5-4-6-8-21/h4-12,24H,3,13-19H2,1-2H3. The molecule has 2 saturated heterocycles. The molecule has 2 aliphatic heterocycles. The zero-order valence-electron chi connectivity index (χ0n) is 19.9. The van der Waals surface area contributed by atoms with Gasteiger partial charge in [0.1, 0.15) is 5.75 Å². The minimum Gasteiger partial charge on any atom is -0.494 e. The highest BCUT2D eigenvalue weighted by atomic mass is 16.5. The highest BCUT2D eigenvalue weighted by Gasteiger charge is 2.44. The predicted molar refractivity (Wildman–Crippen MR) is 127 cm³/mol. The smallest absolute Gasteiger partial charge is 0.303 e. The Morgan fingerprint density at radius 3 is 2.12 bits per heavy atom. The molecule has 2 amide bonds. The van der Waals surface area contributed by atoms with E-state index >= 15 is 0 Å². The topological polar surface area (TPSA) is 76.2 Å². The average molecular weight is 465 g/mol. The third-order valence-electron chi connectivity index (χ3n) is 6.88. The molecule has 0 N–H and O–H groups in total. The number of ether oxygens (including phenoxy) is 2. The zero-order valence-corrected chi connectivity index (χ0v) is 19.9. The predicted octanol–water partition coefficient (Wildman–Crippen LogP) is 3.84. The molecule has 1 unspecified atom stereocenters. The van der Waals surface area contributed by atoms with Crippen LogP contribution in [0, 0.1) is 5.41 Å². The van der Waals surface area contributed by atoms with E-state index in [-0.39, 0.29) is 17.2 Å². The van der Waals surface area contributed by atoms with Crippen LogP contribution in [0.5, 0.6) is 5.75 Å². The highest BCUT2D eigenvalue weighted by molar-refractivity contribution is 5.94. The van der Waals surface area contributed by atoms with Crippen LogP contribution in [0.15, 0.2) is 54.6 Å². The van der Waals surface area contributed by atoms with Gasteiger partial charge in [0.05, 0.1) is 6.61 Å². The van der Waals surface area contributed by atoms with E-state index in [0.717, 1.165) is 25.0 Å². The summed E-state index contributed by atoms with van der Waals surface area (Å²) in [6.45, 7) is 6.44. The van der Waals surface area contributed by atoms with Crippen molar-refractivity contribution in [2.45, 2.75) is 39.2 Å². The van der Waals surface area contributed by atoms with E-state index in [1.54, 1.807) is 0 Å². The fourth-order valence-corrected chi connectivity index (χ4v) is 4.98. The molecule has 0 bridgehead atoms. The maximum absolute atomic E-state index is 13.3. The fourth-order valence-electron chi connectivity index (χ4n) is 4.98. The van der Waals surface area contributed by atoms with E-state index in [1.807, 2.05) is 71.3 Å². The van der Waals surface area contributed by atoms with Gasteiger partial charge in [0.2, 0.25) is 6.10 Å². The summed E-state index contributed by atoms with van der Waals surface area (Å²) in [5.41, 5.74) is 1.34. The molecule has 2 fully saturated rings. The van der Waals surface area contributed by atoms with Gasteiger partial charge < -0.3 is 19.3 Å². The van der Waals surface area contributed by atoms with Crippen LogP contribution in [-0.4, -0.2) is 60.4 Å². The SMILES string of the molecule is CCOc1ccc(C(=O)N2CCC3(CC2)CCN(C(=O)C(OC(C)=O)c2ccccc2)C3)cc1. The minimum absolute atomic E-state index is 0.00270. The van der Waals surface area contributed by atoms with E-state index in [4.69, 9.17) is 9.47 Å². The first kappa shape index (κ1) is 23.8. The van der Waals surface area contributed by atoms with Gasteiger partial charge in [-0.3, -0.25) is 14.4 Å². The van der Waals surface area contributed by atoms with Crippen molar-refractivity contribution in [3.63, 3.8) is 0 Å². The third kappa shape index (κ3) is 5.24. The van der Waals surface area contributed by atoms with Crippen molar-refractivity contribution >= 4 is 17.8 Å². The van der Waals surface area contributed by atoms with Crippen molar-refractivity contribution in [1.29, 1.82) is 0 Å². The molecule has 1 atom stereocenters. The molecule has 0 saturated carbocycles. The summed E-state index contributed by atoms with van der Waals surface area (Å²) in [5.74, 6) is 0.140. The maximum atomic E-state index is 13.3. The molecule has 2 aliphatic rings. The number of rotatable bonds is 6. The number of carbonyl (C=O) groups is 3. The number of hydrogen-bond acceptors (Lipinski definition) is 5. The van der Waals surface area contributed by atoms with E-state index < -0.39 is 12.1 Å². The van der Waals surface area contributed by atoms with Crippen molar-refractivity contribution < 1.29 is 23.9 Å². The number of carbonyl (C=O) groups excluding carboxylic acids is 3. The number of piperidine rings is 1. The summed E-state index contributed by atoms with van der Waals surface area (Å²) >= 11 is 0. The van der Waals surface area contributed by atoms with Crippen LogP contribution in [0.2, 0.25) is 0 Å². The summed E-state index contributed by atoms with van der Waals surface area (Å²) in [6, 6.07) is 16.4. The Labute approximate surface area is 200 Å². The number of nitrogens with zero attached hydrogens (tertiary/aromatic N) is 2. The van der Waals surface area contributed by atoms with Crippen molar-refractivity contribution in [1.82, 2.24) is 9.80 Å². The van der Waals surface area contributed by atoms with E-state index in [0.29, 0.717) is 43.9 Å². The molecule has 4 rings (SSSR count). The van der Waals surface area contributed by atoms with Crippen LogP contribution >= 0.6 is 0 Å². The third-order valence-corrected chi connectivity index (χ3v) is 6.88. The first-order chi connectivity index (χ1) is 16.4. The Kier molecular flexibility index (Phi) is 7.20. The Balaban J connectivity index is 1.37. The van der Waals surface area contributed by atoms with Gasteiger partial charge in [-0.2, -0.15) is 0 Å². The average Bonchev–Trinajstić information content (AvgIpc) is 3.27. The van der Waals surface area contributed by atoms with E-state index in [2.05, 4.69) is 0 Å². The van der Waals surface area contributed by atoms with Gasteiger partial charge in [0.15, 0.2) is 0 Å². The first-order valence-electron chi connectivity index (χ1n) is 11.9. The number of likely N-dealkylation sites (tertiary alicyclic amines) is 2. The molecular weight excluding hydrogens is 432 g/mol. The van der Waals surface area contributed by atoms with Gasteiger partial charge in [-0.15, -0.1) is 0 Å². The second-order valence-corrected chi connectivity index (χ2v) is 9.16. The first-order valence-corrected chi connectivity index (χ1v) is 11.9. The largest absolute Gasteiger partial charge is 0.494 e. The van der Waals surface area contributed by atoms with E-state index in [1.165, 1.54) is 6.92 Å². The van der Waals surface area contributed by atoms with Gasteiger partial charge >= 0.3 is 5.97 Å². The van der Waals surface area contributed by atoms with E-state index in [9.17, 15) is 14.4 Å². The Morgan fingerprint density at radius 2 is 1.53 bits per heavy atom. The molecule has 2 aromatic rings. The maximum Gasteiger partial charge on any atom is 0.303 e. The number of esters is 1. The summed E-state index contributed by atoms with van der Waals surface area (Å²) in [5, 5.41) is 0. The molecule has 2 heterocycles. The number of amides is 2. The molecule has 34 heavy (non-hydrogen) atoms. The van der Waals surface area contributed by atoms with Gasteiger partial charge in [-0.25, -0.2) is 0 Å². The lowest BCUT2D eigenvalue weighted by Gasteiger charge is -2.39. The number of hydrogen-bond donors (Lipinski definition) is 0. The summed E-state index contributed by atoms with van der Waals surface area (Å²) in [4.78, 5) is 41.7. The molecule has 0 radical (unpaired) electrons. The molecule has 7 nitrogen and oxygen atoms in total. The van der Waals surface area contributed by atoms with Crippen molar-refractivity contribution in [2.24, 2.45) is 5.41 Å². The van der Waals surface area contributed by atoms with Crippen LogP contribution in [0.1, 0.15) is 55.1 Å². The van der Waals surface area contributed by atoms with Crippen LogP contribution in [0.25, 0.3) is 0 Å². The normalized spacial score (nSPS) is 17.9. The van der Waals surface area contributed by atoms with Crippen LogP contribution in [0.4, 0.5) is 0 Å². The minimum atomic E-state index is -0.921. The lowest BCUT2D eigenvalue weighted by atomic mass is 9.77. The molecule has 0 aromatic heterocycles. The quantitative estimate of drug-likeness (QED) is 0.607. The van der Waals surface area contributed by atoms with Crippen LogP contribution in [0.3, 0.4) is 0 Å². The zero-order chi connectivity index (χ0) is 24.1. The van der Waals surface area contributed by atoms with Gasteiger partial charge in [0.25, 0.3) is 11.8 Å². The molecule has 2 aromatic carbocycles. The van der Waals surface area contributed by atoms with Crippen LogP contribution in [-0.2, 0) is 14.3 Å². The fraction of sp³-hybridized carbons (Fsp3) is 0.444. The summed E-state index contributed by atoms with van der Waals surface area (Å²) < 4.78 is 10.9. The molecule has 7 heteroatoms. The summed E-state index contributed by atoms with van der Waals surface area (Å²) in [6.07, 6.45) is 1.67.